The van der Waals surface area contributed by atoms with Crippen LogP contribution in [0.15, 0.2) is 22.7 Å². The van der Waals surface area contributed by atoms with E-state index in [0.29, 0.717) is 10.2 Å². The molecule has 0 aromatic heterocycles. The number of anilines is 1. The van der Waals surface area contributed by atoms with Crippen LogP contribution in [0.5, 0.6) is 0 Å². The maximum Gasteiger partial charge on any atom is 0.225 e. The number of halogens is 2. The molecule has 0 aliphatic rings. The molecule has 0 heterocycles. The van der Waals surface area contributed by atoms with Crippen LogP contribution in [0.25, 0.3) is 0 Å². The van der Waals surface area contributed by atoms with E-state index in [0.717, 1.165) is 0 Å². The first-order chi connectivity index (χ1) is 6.99. The Morgan fingerprint density at radius 1 is 1.67 bits per heavy atom. The lowest BCUT2D eigenvalue weighted by Gasteiger charge is -2.08. The molecule has 3 nitrogen and oxygen atoms in total. The summed E-state index contributed by atoms with van der Waals surface area (Å²) in [5, 5.41) is 2.64. The van der Waals surface area contributed by atoms with Gasteiger partial charge in [0.15, 0.2) is 0 Å². The topological polar surface area (TPSA) is 55.1 Å². The summed E-state index contributed by atoms with van der Waals surface area (Å²) < 4.78 is 13.2. The summed E-state index contributed by atoms with van der Waals surface area (Å²) in [6.07, 6.45) is 0.240. The number of amides is 1. The summed E-state index contributed by atoms with van der Waals surface area (Å²) in [4.78, 5) is 11.4. The van der Waals surface area contributed by atoms with Gasteiger partial charge in [-0.15, -0.1) is 0 Å². The highest BCUT2D eigenvalue weighted by Gasteiger charge is 2.08. The predicted molar refractivity (Wildman–Crippen MR) is 61.0 cm³/mol. The third kappa shape index (κ3) is 3.97. The van der Waals surface area contributed by atoms with E-state index in [1.54, 1.807) is 6.92 Å². The first-order valence-electron chi connectivity index (χ1n) is 4.49. The van der Waals surface area contributed by atoms with Crippen molar-refractivity contribution in [1.29, 1.82) is 0 Å². The molecule has 1 atom stereocenters. The number of rotatable bonds is 3. The Kier molecular flexibility index (Phi) is 4.23. The molecule has 1 rings (SSSR count). The molecular weight excluding hydrogens is 263 g/mol. The molecule has 1 aromatic rings. The highest BCUT2D eigenvalue weighted by molar-refractivity contribution is 9.10. The molecule has 5 heteroatoms. The van der Waals surface area contributed by atoms with Crippen LogP contribution in [0.3, 0.4) is 0 Å². The molecule has 0 aliphatic heterocycles. The zero-order valence-electron chi connectivity index (χ0n) is 8.26. The van der Waals surface area contributed by atoms with Crippen LogP contribution in [0, 0.1) is 5.82 Å². The van der Waals surface area contributed by atoms with E-state index >= 15 is 0 Å². The van der Waals surface area contributed by atoms with Crippen molar-refractivity contribution in [1.82, 2.24) is 0 Å². The number of hydrogen-bond donors (Lipinski definition) is 2. The molecule has 0 fully saturated rings. The van der Waals surface area contributed by atoms with E-state index in [1.807, 2.05) is 0 Å². The predicted octanol–water partition coefficient (Wildman–Crippen LogP) is 2.26. The van der Waals surface area contributed by atoms with E-state index in [2.05, 4.69) is 21.2 Å². The standard InChI is InChI=1S/C10H12BrFN2O/c1-6(13)4-10(15)14-9-3-2-7(12)5-8(9)11/h2-3,5-6H,4,13H2,1H3,(H,14,15). The van der Waals surface area contributed by atoms with Gasteiger partial charge >= 0.3 is 0 Å². The average Bonchev–Trinajstić information content (AvgIpc) is 2.08. The largest absolute Gasteiger partial charge is 0.327 e. The normalized spacial score (nSPS) is 12.3. The Labute approximate surface area is 96.0 Å². The minimum atomic E-state index is -0.355. The second kappa shape index (κ2) is 5.23. The Bertz CT molecular complexity index is 368. The van der Waals surface area contributed by atoms with Crippen molar-refractivity contribution in [3.63, 3.8) is 0 Å². The summed E-state index contributed by atoms with van der Waals surface area (Å²) in [6, 6.07) is 3.89. The SMILES string of the molecule is CC(N)CC(=O)Nc1ccc(F)cc1Br. The van der Waals surface area contributed by atoms with Gasteiger partial charge in [-0.25, -0.2) is 4.39 Å². The second-order valence-electron chi connectivity index (χ2n) is 3.35. The van der Waals surface area contributed by atoms with Gasteiger partial charge in [0.1, 0.15) is 5.82 Å². The highest BCUT2D eigenvalue weighted by atomic mass is 79.9. The fourth-order valence-corrected chi connectivity index (χ4v) is 1.53. The zero-order chi connectivity index (χ0) is 11.4. The minimum absolute atomic E-state index is 0.183. The van der Waals surface area contributed by atoms with E-state index in [-0.39, 0.29) is 24.2 Å². The lowest BCUT2D eigenvalue weighted by atomic mass is 10.2. The number of nitrogens with two attached hydrogens (primary N) is 1. The molecule has 0 saturated heterocycles. The third-order valence-corrected chi connectivity index (χ3v) is 2.37. The van der Waals surface area contributed by atoms with E-state index < -0.39 is 0 Å². The Morgan fingerprint density at radius 3 is 2.87 bits per heavy atom. The van der Waals surface area contributed by atoms with Crippen LogP contribution in [-0.2, 0) is 4.79 Å². The fourth-order valence-electron chi connectivity index (χ4n) is 1.08. The van der Waals surface area contributed by atoms with Crippen LogP contribution >= 0.6 is 15.9 Å². The van der Waals surface area contributed by atoms with Gasteiger partial charge in [0.25, 0.3) is 0 Å². The average molecular weight is 275 g/mol. The first kappa shape index (κ1) is 12.1. The smallest absolute Gasteiger partial charge is 0.225 e. The molecule has 1 amide bonds. The lowest BCUT2D eigenvalue weighted by molar-refractivity contribution is -0.116. The minimum Gasteiger partial charge on any atom is -0.327 e. The second-order valence-corrected chi connectivity index (χ2v) is 4.21. The summed E-state index contributed by atoms with van der Waals surface area (Å²) >= 11 is 3.16. The fraction of sp³-hybridized carbons (Fsp3) is 0.300. The molecule has 0 bridgehead atoms. The van der Waals surface area contributed by atoms with Crippen molar-refractivity contribution >= 4 is 27.5 Å². The van der Waals surface area contributed by atoms with Gasteiger partial charge in [0.05, 0.1) is 5.69 Å². The summed E-state index contributed by atoms with van der Waals surface area (Å²) in [7, 11) is 0. The number of carbonyl (C=O) groups excluding carboxylic acids is 1. The Hall–Kier alpha value is -0.940. The molecule has 1 unspecified atom stereocenters. The highest BCUT2D eigenvalue weighted by Crippen LogP contribution is 2.23. The van der Waals surface area contributed by atoms with Gasteiger partial charge in [0.2, 0.25) is 5.91 Å². The van der Waals surface area contributed by atoms with Gasteiger partial charge in [-0.3, -0.25) is 4.79 Å². The van der Waals surface area contributed by atoms with Gasteiger partial charge in [-0.05, 0) is 41.1 Å². The molecule has 0 radical (unpaired) electrons. The maximum atomic E-state index is 12.7. The number of benzene rings is 1. The molecular formula is C10H12BrFN2O. The Balaban J connectivity index is 2.68. The lowest BCUT2D eigenvalue weighted by Crippen LogP contribution is -2.24. The summed E-state index contributed by atoms with van der Waals surface area (Å²) in [5.41, 5.74) is 6.02. The quantitative estimate of drug-likeness (QED) is 0.889. The van der Waals surface area contributed by atoms with Gasteiger partial charge in [-0.1, -0.05) is 0 Å². The molecule has 3 N–H and O–H groups in total. The van der Waals surface area contributed by atoms with Crippen molar-refractivity contribution < 1.29 is 9.18 Å². The van der Waals surface area contributed by atoms with Gasteiger partial charge in [-0.2, -0.15) is 0 Å². The summed E-state index contributed by atoms with van der Waals surface area (Å²) in [6.45, 7) is 1.75. The van der Waals surface area contributed by atoms with Crippen LogP contribution in [0.1, 0.15) is 13.3 Å². The van der Waals surface area contributed by atoms with Gasteiger partial charge in [0, 0.05) is 16.9 Å². The molecule has 0 saturated carbocycles. The molecule has 0 spiro atoms. The number of carbonyl (C=O) groups is 1. The van der Waals surface area contributed by atoms with Crippen molar-refractivity contribution in [2.45, 2.75) is 19.4 Å². The van der Waals surface area contributed by atoms with E-state index in [9.17, 15) is 9.18 Å². The van der Waals surface area contributed by atoms with Crippen molar-refractivity contribution in [2.24, 2.45) is 5.73 Å². The van der Waals surface area contributed by atoms with Crippen molar-refractivity contribution in [3.05, 3.63) is 28.5 Å². The Morgan fingerprint density at radius 2 is 2.33 bits per heavy atom. The van der Waals surface area contributed by atoms with Crippen LogP contribution < -0.4 is 11.1 Å². The van der Waals surface area contributed by atoms with Gasteiger partial charge < -0.3 is 11.1 Å². The zero-order valence-corrected chi connectivity index (χ0v) is 9.84. The van der Waals surface area contributed by atoms with Crippen LogP contribution in [0.2, 0.25) is 0 Å². The number of nitrogens with one attached hydrogen (secondary N) is 1. The van der Waals surface area contributed by atoms with Crippen molar-refractivity contribution in [2.75, 3.05) is 5.32 Å². The van der Waals surface area contributed by atoms with Crippen LogP contribution in [-0.4, -0.2) is 11.9 Å². The van der Waals surface area contributed by atoms with E-state index in [4.69, 9.17) is 5.73 Å². The molecule has 0 aliphatic carbocycles. The van der Waals surface area contributed by atoms with Crippen LogP contribution in [0.4, 0.5) is 10.1 Å². The molecule has 82 valence electrons. The van der Waals surface area contributed by atoms with Crippen molar-refractivity contribution in [3.8, 4) is 0 Å². The first-order valence-corrected chi connectivity index (χ1v) is 5.29. The maximum absolute atomic E-state index is 12.7. The molecule has 1 aromatic carbocycles. The number of hydrogen-bond acceptors (Lipinski definition) is 2. The summed E-state index contributed by atoms with van der Waals surface area (Å²) in [5.74, 6) is -0.538. The monoisotopic (exact) mass is 274 g/mol. The third-order valence-electron chi connectivity index (χ3n) is 1.71. The van der Waals surface area contributed by atoms with E-state index in [1.165, 1.54) is 18.2 Å². The molecule has 15 heavy (non-hydrogen) atoms.